The van der Waals surface area contributed by atoms with E-state index < -0.39 is 0 Å². The smallest absolute Gasteiger partial charge is 0.169 e. The van der Waals surface area contributed by atoms with Crippen molar-refractivity contribution in [2.45, 2.75) is 33.2 Å². The number of aromatic nitrogens is 2. The normalized spacial score (nSPS) is 10.6. The van der Waals surface area contributed by atoms with E-state index in [0.717, 1.165) is 36.4 Å². The third-order valence-electron chi connectivity index (χ3n) is 2.58. The SMILES string of the molecule is CCC[n+]1ccc(-c2cc(CC)no2)cc1. The summed E-state index contributed by atoms with van der Waals surface area (Å²) < 4.78 is 7.45. The number of hydrogen-bond acceptors (Lipinski definition) is 2. The molecule has 2 aromatic rings. The highest BCUT2D eigenvalue weighted by Gasteiger charge is 2.07. The van der Waals surface area contributed by atoms with E-state index in [1.165, 1.54) is 0 Å². The van der Waals surface area contributed by atoms with Crippen LogP contribution in [-0.2, 0) is 13.0 Å². The highest BCUT2D eigenvalue weighted by Crippen LogP contribution is 2.18. The second-order valence-electron chi connectivity index (χ2n) is 3.86. The van der Waals surface area contributed by atoms with Gasteiger partial charge in [0.1, 0.15) is 6.54 Å². The van der Waals surface area contributed by atoms with E-state index in [-0.39, 0.29) is 0 Å². The van der Waals surface area contributed by atoms with Gasteiger partial charge in [0.15, 0.2) is 18.2 Å². The van der Waals surface area contributed by atoms with Crippen LogP contribution in [0.25, 0.3) is 11.3 Å². The molecule has 0 N–H and O–H groups in total. The summed E-state index contributed by atoms with van der Waals surface area (Å²) in [7, 11) is 0. The molecule has 16 heavy (non-hydrogen) atoms. The van der Waals surface area contributed by atoms with Crippen LogP contribution in [0.3, 0.4) is 0 Å². The van der Waals surface area contributed by atoms with Crippen molar-refractivity contribution >= 4 is 0 Å². The minimum atomic E-state index is 0.848. The van der Waals surface area contributed by atoms with Gasteiger partial charge in [-0.15, -0.1) is 0 Å². The molecule has 0 saturated carbocycles. The molecule has 0 bridgehead atoms. The molecular weight excluding hydrogens is 200 g/mol. The Morgan fingerprint density at radius 2 is 2.00 bits per heavy atom. The van der Waals surface area contributed by atoms with Gasteiger partial charge in [-0.2, -0.15) is 0 Å². The van der Waals surface area contributed by atoms with Gasteiger partial charge < -0.3 is 4.52 Å². The van der Waals surface area contributed by atoms with E-state index in [2.05, 4.69) is 48.1 Å². The monoisotopic (exact) mass is 217 g/mol. The zero-order valence-corrected chi connectivity index (χ0v) is 9.81. The number of rotatable bonds is 4. The zero-order valence-electron chi connectivity index (χ0n) is 9.81. The van der Waals surface area contributed by atoms with Crippen LogP contribution in [0, 0.1) is 0 Å². The lowest BCUT2D eigenvalue weighted by Crippen LogP contribution is -2.31. The van der Waals surface area contributed by atoms with E-state index in [9.17, 15) is 0 Å². The van der Waals surface area contributed by atoms with Crippen LogP contribution in [-0.4, -0.2) is 5.16 Å². The Labute approximate surface area is 95.7 Å². The summed E-state index contributed by atoms with van der Waals surface area (Å²) in [5, 5.41) is 3.99. The van der Waals surface area contributed by atoms with Crippen LogP contribution in [0.15, 0.2) is 35.1 Å². The fourth-order valence-corrected chi connectivity index (χ4v) is 1.64. The van der Waals surface area contributed by atoms with Crippen molar-refractivity contribution in [3.8, 4) is 11.3 Å². The van der Waals surface area contributed by atoms with Crippen LogP contribution in [0.4, 0.5) is 0 Å². The van der Waals surface area contributed by atoms with E-state index >= 15 is 0 Å². The second-order valence-corrected chi connectivity index (χ2v) is 3.86. The lowest BCUT2D eigenvalue weighted by atomic mass is 10.2. The van der Waals surface area contributed by atoms with Gasteiger partial charge >= 0.3 is 0 Å². The maximum absolute atomic E-state index is 5.28. The Hall–Kier alpha value is -1.64. The first-order chi connectivity index (χ1) is 7.83. The molecule has 0 amide bonds. The Bertz CT molecular complexity index is 445. The summed E-state index contributed by atoms with van der Waals surface area (Å²) >= 11 is 0. The molecule has 2 heterocycles. The zero-order chi connectivity index (χ0) is 11.4. The van der Waals surface area contributed by atoms with E-state index in [0.29, 0.717) is 0 Å². The summed E-state index contributed by atoms with van der Waals surface area (Å²) in [4.78, 5) is 0. The minimum Gasteiger partial charge on any atom is -0.356 e. The van der Waals surface area contributed by atoms with E-state index in [1.807, 2.05) is 6.07 Å². The van der Waals surface area contributed by atoms with Crippen LogP contribution >= 0.6 is 0 Å². The van der Waals surface area contributed by atoms with Gasteiger partial charge in [0.2, 0.25) is 0 Å². The standard InChI is InChI=1S/C13H17N2O/c1-3-7-15-8-5-11(6-9-15)13-10-12(4-2)14-16-13/h5-6,8-10H,3-4,7H2,1-2H3/q+1. The van der Waals surface area contributed by atoms with Crippen molar-refractivity contribution in [2.24, 2.45) is 0 Å². The van der Waals surface area contributed by atoms with Crippen LogP contribution in [0.2, 0.25) is 0 Å². The third-order valence-corrected chi connectivity index (χ3v) is 2.58. The second kappa shape index (κ2) is 4.92. The van der Waals surface area contributed by atoms with Crippen LogP contribution in [0.5, 0.6) is 0 Å². The molecule has 0 aliphatic carbocycles. The van der Waals surface area contributed by atoms with Gasteiger partial charge in [-0.1, -0.05) is 19.0 Å². The topological polar surface area (TPSA) is 29.9 Å². The number of nitrogens with zero attached hydrogens (tertiary/aromatic N) is 2. The molecule has 0 unspecified atom stereocenters. The quantitative estimate of drug-likeness (QED) is 0.737. The molecular formula is C13H17N2O+. The molecule has 0 aromatic carbocycles. The highest BCUT2D eigenvalue weighted by molar-refractivity contribution is 5.55. The molecule has 3 nitrogen and oxygen atoms in total. The Balaban J connectivity index is 2.20. The van der Waals surface area contributed by atoms with Crippen LogP contribution in [0.1, 0.15) is 26.0 Å². The summed E-state index contributed by atoms with van der Waals surface area (Å²) in [6, 6.07) is 6.13. The maximum atomic E-state index is 5.28. The van der Waals surface area contributed by atoms with Crippen molar-refractivity contribution in [3.63, 3.8) is 0 Å². The molecule has 0 saturated heterocycles. The van der Waals surface area contributed by atoms with Gasteiger partial charge in [-0.3, -0.25) is 0 Å². The van der Waals surface area contributed by atoms with Crippen molar-refractivity contribution in [1.29, 1.82) is 0 Å². The molecule has 0 atom stereocenters. The largest absolute Gasteiger partial charge is 0.356 e. The molecule has 0 radical (unpaired) electrons. The molecule has 2 aromatic heterocycles. The predicted octanol–water partition coefficient (Wildman–Crippen LogP) is 2.60. The van der Waals surface area contributed by atoms with E-state index in [4.69, 9.17) is 4.52 Å². The lowest BCUT2D eigenvalue weighted by Gasteiger charge is -1.95. The molecule has 0 aliphatic heterocycles. The first-order valence-corrected chi connectivity index (χ1v) is 5.78. The van der Waals surface area contributed by atoms with Gasteiger partial charge in [-0.25, -0.2) is 4.57 Å². The predicted molar refractivity (Wildman–Crippen MR) is 61.8 cm³/mol. The molecule has 3 heteroatoms. The van der Waals surface area contributed by atoms with Crippen molar-refractivity contribution in [2.75, 3.05) is 0 Å². The Kier molecular flexibility index (Phi) is 3.34. The van der Waals surface area contributed by atoms with Crippen molar-refractivity contribution in [1.82, 2.24) is 5.16 Å². The van der Waals surface area contributed by atoms with Gasteiger partial charge in [0, 0.05) is 30.2 Å². The Morgan fingerprint density at radius 3 is 2.56 bits per heavy atom. The summed E-state index contributed by atoms with van der Waals surface area (Å²) in [5.41, 5.74) is 2.08. The summed E-state index contributed by atoms with van der Waals surface area (Å²) in [6.07, 6.45) is 6.21. The van der Waals surface area contributed by atoms with Crippen LogP contribution < -0.4 is 4.57 Å². The maximum Gasteiger partial charge on any atom is 0.169 e. The van der Waals surface area contributed by atoms with Gasteiger partial charge in [-0.05, 0) is 6.42 Å². The number of aryl methyl sites for hydroxylation is 2. The summed E-state index contributed by atoms with van der Waals surface area (Å²) in [6.45, 7) is 5.30. The first kappa shape index (κ1) is 10.9. The first-order valence-electron chi connectivity index (χ1n) is 5.78. The Morgan fingerprint density at radius 1 is 1.25 bits per heavy atom. The van der Waals surface area contributed by atoms with Gasteiger partial charge in [0.25, 0.3) is 0 Å². The van der Waals surface area contributed by atoms with Gasteiger partial charge in [0.05, 0.1) is 5.69 Å². The average molecular weight is 217 g/mol. The minimum absolute atomic E-state index is 0.848. The third kappa shape index (κ3) is 2.30. The molecule has 2 rings (SSSR count). The highest BCUT2D eigenvalue weighted by atomic mass is 16.5. The molecule has 0 fully saturated rings. The average Bonchev–Trinajstić information content (AvgIpc) is 2.79. The fourth-order valence-electron chi connectivity index (χ4n) is 1.64. The number of hydrogen-bond donors (Lipinski definition) is 0. The van der Waals surface area contributed by atoms with E-state index in [1.54, 1.807) is 0 Å². The lowest BCUT2D eigenvalue weighted by molar-refractivity contribution is -0.696. The number of pyridine rings is 1. The van der Waals surface area contributed by atoms with Crippen molar-refractivity contribution < 1.29 is 9.09 Å². The van der Waals surface area contributed by atoms with Crippen molar-refractivity contribution in [3.05, 3.63) is 36.3 Å². The molecule has 84 valence electrons. The fraction of sp³-hybridized carbons (Fsp3) is 0.385. The molecule has 0 aliphatic rings. The molecule has 0 spiro atoms. The summed E-state index contributed by atoms with van der Waals surface area (Å²) in [5.74, 6) is 0.848.